The van der Waals surface area contributed by atoms with Crippen LogP contribution in [0.15, 0.2) is 29.2 Å². The number of carbonyl (C=O) groups is 2. The average Bonchev–Trinajstić information content (AvgIpc) is 2.86. The van der Waals surface area contributed by atoms with Gasteiger partial charge in [0.15, 0.2) is 0 Å². The molecule has 0 unspecified atom stereocenters. The van der Waals surface area contributed by atoms with Gasteiger partial charge in [-0.3, -0.25) is 14.5 Å². The number of methoxy groups -OCH3 is 1. The summed E-state index contributed by atoms with van der Waals surface area (Å²) < 4.78 is 10.9. The summed E-state index contributed by atoms with van der Waals surface area (Å²) in [4.78, 5) is 28.3. The average molecular weight is 430 g/mol. The Labute approximate surface area is 175 Å². The number of amides is 1. The molecule has 1 fully saturated rings. The molecule has 1 heterocycles. The monoisotopic (exact) mass is 429 g/mol. The number of benzene rings is 1. The Morgan fingerprint density at radius 1 is 1.33 bits per heavy atom. The van der Waals surface area contributed by atoms with E-state index in [9.17, 15) is 9.59 Å². The molecule has 1 aliphatic rings. The largest absolute Gasteiger partial charge is 1.00 e. The summed E-state index contributed by atoms with van der Waals surface area (Å²) in [5, 5.41) is 0. The summed E-state index contributed by atoms with van der Waals surface area (Å²) in [6.07, 6.45) is 1.87. The number of hydrogen-bond acceptors (Lipinski definition) is 7. The van der Waals surface area contributed by atoms with Crippen LogP contribution in [-0.4, -0.2) is 66.9 Å². The highest BCUT2D eigenvalue weighted by Gasteiger charge is 2.32. The molecule has 27 heavy (non-hydrogen) atoms. The summed E-state index contributed by atoms with van der Waals surface area (Å²) in [6, 6.07) is 7.44. The zero-order chi connectivity index (χ0) is 19.1. The first kappa shape index (κ1) is 23.4. The van der Waals surface area contributed by atoms with Gasteiger partial charge in [0.05, 0.1) is 18.4 Å². The van der Waals surface area contributed by atoms with Gasteiger partial charge in [0.25, 0.3) is 5.91 Å². The van der Waals surface area contributed by atoms with E-state index in [-0.39, 0.29) is 37.2 Å². The minimum absolute atomic E-state index is 0. The van der Waals surface area contributed by atoms with Crippen LogP contribution in [-0.2, 0) is 14.3 Å². The third-order valence-electron chi connectivity index (χ3n) is 3.64. The first-order valence-corrected chi connectivity index (χ1v) is 9.33. The van der Waals surface area contributed by atoms with E-state index in [1.54, 1.807) is 13.2 Å². The van der Waals surface area contributed by atoms with E-state index < -0.39 is 0 Å². The Kier molecular flexibility index (Phi) is 9.79. The Bertz CT molecular complexity index is 725. The second-order valence-corrected chi connectivity index (χ2v) is 7.52. The number of ether oxygens (including phenoxy) is 2. The standard InChI is InChI=1S/C18H22N2O4S2.ClH/c1-19(2)10-11-24-16(21)8-9-20-17(22)15(26-18(20)25)12-13-6-4-5-7-14(13)23-3;/h4-7,12H,8-11H2,1-3H3;1H/p-1/b15-12-;. The summed E-state index contributed by atoms with van der Waals surface area (Å²) in [5.41, 5.74) is 0.804. The van der Waals surface area contributed by atoms with Gasteiger partial charge in [0.2, 0.25) is 0 Å². The van der Waals surface area contributed by atoms with Gasteiger partial charge in [0.1, 0.15) is 16.7 Å². The molecular formula is C18H22ClN2O4S2-. The lowest BCUT2D eigenvalue weighted by Crippen LogP contribution is -3.00. The van der Waals surface area contributed by atoms with Crippen molar-refractivity contribution in [2.24, 2.45) is 0 Å². The molecule has 1 saturated heterocycles. The fourth-order valence-electron chi connectivity index (χ4n) is 2.24. The molecule has 1 amide bonds. The van der Waals surface area contributed by atoms with Crippen molar-refractivity contribution in [3.8, 4) is 5.75 Å². The van der Waals surface area contributed by atoms with E-state index in [2.05, 4.69) is 0 Å². The van der Waals surface area contributed by atoms with Crippen LogP contribution in [0.3, 0.4) is 0 Å². The van der Waals surface area contributed by atoms with Crippen LogP contribution < -0.4 is 17.1 Å². The lowest BCUT2D eigenvalue weighted by atomic mass is 10.2. The van der Waals surface area contributed by atoms with Gasteiger partial charge in [-0.25, -0.2) is 0 Å². The van der Waals surface area contributed by atoms with Crippen molar-refractivity contribution >= 4 is 46.3 Å². The molecule has 0 N–H and O–H groups in total. The molecule has 0 radical (unpaired) electrons. The van der Waals surface area contributed by atoms with Gasteiger partial charge in [-0.15, -0.1) is 0 Å². The number of carbonyl (C=O) groups excluding carboxylic acids is 2. The highest BCUT2D eigenvalue weighted by atomic mass is 35.5. The van der Waals surface area contributed by atoms with Crippen LogP contribution >= 0.6 is 24.0 Å². The minimum Gasteiger partial charge on any atom is -1.00 e. The maximum absolute atomic E-state index is 12.6. The molecule has 9 heteroatoms. The van der Waals surface area contributed by atoms with Crippen molar-refractivity contribution in [1.82, 2.24) is 9.80 Å². The molecule has 148 valence electrons. The number of para-hydroxylation sites is 1. The zero-order valence-electron chi connectivity index (χ0n) is 15.4. The van der Waals surface area contributed by atoms with Crippen molar-refractivity contribution in [3.05, 3.63) is 34.7 Å². The van der Waals surface area contributed by atoms with Crippen molar-refractivity contribution in [3.63, 3.8) is 0 Å². The molecule has 0 saturated carbocycles. The number of rotatable bonds is 8. The number of nitrogens with zero attached hydrogens (tertiary/aromatic N) is 2. The zero-order valence-corrected chi connectivity index (χ0v) is 17.8. The Morgan fingerprint density at radius 2 is 2.04 bits per heavy atom. The summed E-state index contributed by atoms with van der Waals surface area (Å²) in [7, 11) is 5.39. The van der Waals surface area contributed by atoms with Crippen molar-refractivity contribution in [2.75, 3.05) is 40.9 Å². The van der Waals surface area contributed by atoms with Crippen molar-refractivity contribution in [1.29, 1.82) is 0 Å². The summed E-state index contributed by atoms with van der Waals surface area (Å²) in [6.45, 7) is 1.21. The summed E-state index contributed by atoms with van der Waals surface area (Å²) >= 11 is 6.51. The molecule has 0 atom stereocenters. The van der Waals surface area contributed by atoms with Crippen molar-refractivity contribution < 1.29 is 31.5 Å². The Hall–Kier alpha value is -1.61. The van der Waals surface area contributed by atoms with E-state index in [0.29, 0.717) is 28.1 Å². The van der Waals surface area contributed by atoms with E-state index in [1.165, 1.54) is 16.7 Å². The molecule has 0 aliphatic carbocycles. The number of halogens is 1. The quantitative estimate of drug-likeness (QED) is 0.310. The lowest BCUT2D eigenvalue weighted by molar-refractivity contribution is -0.144. The first-order chi connectivity index (χ1) is 12.4. The third kappa shape index (κ3) is 6.80. The number of likely N-dealkylation sites (N-methyl/N-ethyl adjacent to an activating group) is 1. The molecule has 0 aromatic heterocycles. The van der Waals surface area contributed by atoms with Crippen LogP contribution in [0.1, 0.15) is 12.0 Å². The van der Waals surface area contributed by atoms with Crippen LogP contribution in [0.2, 0.25) is 0 Å². The Balaban J connectivity index is 0.00000364. The second kappa shape index (κ2) is 11.3. The second-order valence-electron chi connectivity index (χ2n) is 5.85. The number of esters is 1. The number of thioether (sulfide) groups is 1. The van der Waals surface area contributed by atoms with E-state index in [0.717, 1.165) is 5.56 Å². The Morgan fingerprint density at radius 3 is 2.70 bits per heavy atom. The molecule has 1 aliphatic heterocycles. The van der Waals surface area contributed by atoms with Crippen LogP contribution in [0.25, 0.3) is 6.08 Å². The van der Waals surface area contributed by atoms with Crippen LogP contribution in [0.5, 0.6) is 5.75 Å². The van der Waals surface area contributed by atoms with Gasteiger partial charge < -0.3 is 26.8 Å². The van der Waals surface area contributed by atoms with Crippen molar-refractivity contribution in [2.45, 2.75) is 6.42 Å². The first-order valence-electron chi connectivity index (χ1n) is 8.11. The van der Waals surface area contributed by atoms with Gasteiger partial charge >= 0.3 is 5.97 Å². The fraction of sp³-hybridized carbons (Fsp3) is 0.389. The molecule has 6 nitrogen and oxygen atoms in total. The molecule has 1 aromatic rings. The van der Waals surface area contributed by atoms with Crippen LogP contribution in [0.4, 0.5) is 0 Å². The van der Waals surface area contributed by atoms with Gasteiger partial charge in [-0.2, -0.15) is 0 Å². The maximum atomic E-state index is 12.6. The predicted molar refractivity (Wildman–Crippen MR) is 107 cm³/mol. The SMILES string of the molecule is COc1ccccc1/C=C1\SC(=S)N(CCC(=O)OCCN(C)C)C1=O.[Cl-]. The van der Waals surface area contributed by atoms with E-state index in [1.807, 2.05) is 43.3 Å². The van der Waals surface area contributed by atoms with Gasteiger partial charge in [-0.05, 0) is 26.2 Å². The normalized spacial score (nSPS) is 15.3. The van der Waals surface area contributed by atoms with E-state index >= 15 is 0 Å². The van der Waals surface area contributed by atoms with Crippen LogP contribution in [0, 0.1) is 0 Å². The highest BCUT2D eigenvalue weighted by molar-refractivity contribution is 8.26. The summed E-state index contributed by atoms with van der Waals surface area (Å²) in [5.74, 6) is 0.142. The third-order valence-corrected chi connectivity index (χ3v) is 5.02. The highest BCUT2D eigenvalue weighted by Crippen LogP contribution is 2.34. The smallest absolute Gasteiger partial charge is 0.307 e. The number of thiocarbonyl (C=S) groups is 1. The fourth-order valence-corrected chi connectivity index (χ4v) is 3.54. The molecule has 1 aromatic carbocycles. The maximum Gasteiger partial charge on any atom is 0.307 e. The van der Waals surface area contributed by atoms with E-state index in [4.69, 9.17) is 21.7 Å². The minimum atomic E-state index is -0.338. The molecule has 0 bridgehead atoms. The predicted octanol–water partition coefficient (Wildman–Crippen LogP) is -0.605. The van der Waals surface area contributed by atoms with Gasteiger partial charge in [-0.1, -0.05) is 42.2 Å². The lowest BCUT2D eigenvalue weighted by Gasteiger charge is -2.14. The topological polar surface area (TPSA) is 59.1 Å². The molecule has 2 rings (SSSR count). The van der Waals surface area contributed by atoms with Gasteiger partial charge in [0, 0.05) is 18.7 Å². The molecular weight excluding hydrogens is 408 g/mol. The number of hydrogen-bond donors (Lipinski definition) is 0. The molecule has 0 spiro atoms.